The van der Waals surface area contributed by atoms with Crippen LogP contribution in [0.2, 0.25) is 0 Å². The molecule has 18 heavy (non-hydrogen) atoms. The number of hydrogen-bond donors (Lipinski definition) is 1. The third-order valence-corrected chi connectivity index (χ3v) is 4.16. The van der Waals surface area contributed by atoms with Crippen LogP contribution in [0.15, 0.2) is 22.5 Å². The van der Waals surface area contributed by atoms with E-state index in [9.17, 15) is 0 Å². The fourth-order valence-corrected chi connectivity index (χ4v) is 2.98. The molecule has 0 saturated carbocycles. The van der Waals surface area contributed by atoms with Crippen molar-refractivity contribution < 1.29 is 0 Å². The van der Waals surface area contributed by atoms with Crippen molar-refractivity contribution in [2.24, 2.45) is 4.99 Å². The summed E-state index contributed by atoms with van der Waals surface area (Å²) in [6.07, 6.45) is 7.32. The summed E-state index contributed by atoms with van der Waals surface area (Å²) in [5.41, 5.74) is 0. The highest BCUT2D eigenvalue weighted by Gasteiger charge is 2.11. The first-order valence-corrected chi connectivity index (χ1v) is 7.58. The van der Waals surface area contributed by atoms with Crippen LogP contribution in [-0.2, 0) is 6.42 Å². The van der Waals surface area contributed by atoms with E-state index >= 15 is 0 Å². The first-order valence-electron chi connectivity index (χ1n) is 6.70. The van der Waals surface area contributed by atoms with E-state index in [2.05, 4.69) is 34.7 Å². The number of halogens is 1. The largest absolute Gasteiger partial charge is 0.371 e. The molecule has 1 unspecified atom stereocenters. The van der Waals surface area contributed by atoms with E-state index in [-0.39, 0.29) is 12.4 Å². The Morgan fingerprint density at radius 2 is 2.28 bits per heavy atom. The lowest BCUT2D eigenvalue weighted by Gasteiger charge is -2.18. The van der Waals surface area contributed by atoms with Gasteiger partial charge in [0.25, 0.3) is 0 Å². The molecule has 0 aromatic carbocycles. The Morgan fingerprint density at radius 1 is 1.39 bits per heavy atom. The highest BCUT2D eigenvalue weighted by Crippen LogP contribution is 2.13. The summed E-state index contributed by atoms with van der Waals surface area (Å²) < 4.78 is 0. The molecule has 0 fully saturated rings. The third-order valence-electron chi connectivity index (χ3n) is 3.27. The summed E-state index contributed by atoms with van der Waals surface area (Å²) in [7, 11) is 0. The van der Waals surface area contributed by atoms with E-state index in [0.29, 0.717) is 6.04 Å². The predicted molar refractivity (Wildman–Crippen MR) is 83.3 cm³/mol. The number of rotatable bonds is 4. The average Bonchev–Trinajstić information content (AvgIpc) is 2.71. The predicted octanol–water partition coefficient (Wildman–Crippen LogP) is 4.05. The van der Waals surface area contributed by atoms with E-state index in [4.69, 9.17) is 0 Å². The quantitative estimate of drug-likeness (QED) is 0.887. The summed E-state index contributed by atoms with van der Waals surface area (Å²) >= 11 is 1.85. The van der Waals surface area contributed by atoms with Crippen molar-refractivity contribution in [2.75, 3.05) is 6.54 Å². The summed E-state index contributed by atoms with van der Waals surface area (Å²) in [4.78, 5) is 6.12. The Balaban J connectivity index is 0.00000162. The zero-order chi connectivity index (χ0) is 11.9. The van der Waals surface area contributed by atoms with Crippen LogP contribution in [0, 0.1) is 0 Å². The zero-order valence-corrected chi connectivity index (χ0v) is 12.7. The number of amidine groups is 1. The van der Waals surface area contributed by atoms with Crippen molar-refractivity contribution >= 4 is 29.6 Å². The lowest BCUT2D eigenvalue weighted by molar-refractivity contribution is 0.581. The summed E-state index contributed by atoms with van der Waals surface area (Å²) in [6.45, 7) is 3.26. The molecule has 0 bridgehead atoms. The van der Waals surface area contributed by atoms with Crippen molar-refractivity contribution in [3.05, 3.63) is 22.4 Å². The summed E-state index contributed by atoms with van der Waals surface area (Å²) in [6, 6.07) is 4.91. The van der Waals surface area contributed by atoms with Gasteiger partial charge in [0.05, 0.1) is 5.84 Å². The Kier molecular flexibility index (Phi) is 7.36. The maximum absolute atomic E-state index is 4.65. The molecule has 2 nitrogen and oxygen atoms in total. The highest BCUT2D eigenvalue weighted by molar-refractivity contribution is 7.09. The first-order chi connectivity index (χ1) is 8.38. The van der Waals surface area contributed by atoms with Gasteiger partial charge in [0.1, 0.15) is 0 Å². The molecule has 0 spiro atoms. The van der Waals surface area contributed by atoms with E-state index in [1.807, 2.05) is 11.3 Å². The molecular weight excluding hydrogens is 264 g/mol. The molecule has 2 rings (SSSR count). The zero-order valence-electron chi connectivity index (χ0n) is 11.0. The minimum Gasteiger partial charge on any atom is -0.371 e. The molecule has 4 heteroatoms. The van der Waals surface area contributed by atoms with Crippen LogP contribution in [0.25, 0.3) is 0 Å². The van der Waals surface area contributed by atoms with Gasteiger partial charge in [0, 0.05) is 30.3 Å². The normalized spacial score (nSPS) is 17.3. The maximum atomic E-state index is 4.65. The van der Waals surface area contributed by atoms with E-state index < -0.39 is 0 Å². The molecule has 1 atom stereocenters. The van der Waals surface area contributed by atoms with Gasteiger partial charge in [-0.2, -0.15) is 0 Å². The fourth-order valence-electron chi connectivity index (χ4n) is 2.20. The molecule has 0 aliphatic carbocycles. The van der Waals surface area contributed by atoms with E-state index in [0.717, 1.165) is 25.8 Å². The minimum absolute atomic E-state index is 0. The van der Waals surface area contributed by atoms with Crippen LogP contribution in [0.5, 0.6) is 0 Å². The molecule has 102 valence electrons. The van der Waals surface area contributed by atoms with Crippen LogP contribution in [0.3, 0.4) is 0 Å². The Labute approximate surface area is 120 Å². The number of thiophene rings is 1. The van der Waals surface area contributed by atoms with Crippen molar-refractivity contribution in [1.29, 1.82) is 0 Å². The minimum atomic E-state index is 0. The van der Waals surface area contributed by atoms with E-state index in [1.165, 1.54) is 30.0 Å². The lowest BCUT2D eigenvalue weighted by Crippen LogP contribution is -2.35. The summed E-state index contributed by atoms with van der Waals surface area (Å²) in [5.74, 6) is 1.24. The second kappa shape index (κ2) is 8.54. The van der Waals surface area contributed by atoms with Crippen molar-refractivity contribution in [3.8, 4) is 0 Å². The molecule has 0 radical (unpaired) electrons. The molecule has 1 aromatic rings. The molecule has 1 aliphatic rings. The van der Waals surface area contributed by atoms with Gasteiger partial charge in [0.2, 0.25) is 0 Å². The lowest BCUT2D eigenvalue weighted by atomic mass is 10.1. The van der Waals surface area contributed by atoms with Crippen molar-refractivity contribution in [3.63, 3.8) is 0 Å². The van der Waals surface area contributed by atoms with Gasteiger partial charge in [-0.1, -0.05) is 19.4 Å². The highest BCUT2D eigenvalue weighted by atomic mass is 35.5. The number of aliphatic imine (C=N–C) groups is 1. The first kappa shape index (κ1) is 15.5. The van der Waals surface area contributed by atoms with Crippen LogP contribution in [-0.4, -0.2) is 18.4 Å². The van der Waals surface area contributed by atoms with Gasteiger partial charge in [-0.15, -0.1) is 23.7 Å². The molecule has 0 saturated heterocycles. The van der Waals surface area contributed by atoms with Gasteiger partial charge in [-0.25, -0.2) is 0 Å². The van der Waals surface area contributed by atoms with Crippen LogP contribution in [0.1, 0.15) is 43.9 Å². The number of nitrogens with zero attached hydrogens (tertiary/aromatic N) is 1. The molecule has 1 aromatic heterocycles. The molecule has 1 N–H and O–H groups in total. The molecule has 2 heterocycles. The Morgan fingerprint density at radius 3 is 3.00 bits per heavy atom. The van der Waals surface area contributed by atoms with Gasteiger partial charge in [0.15, 0.2) is 0 Å². The Bertz CT molecular complexity index is 349. The van der Waals surface area contributed by atoms with Crippen LogP contribution in [0.4, 0.5) is 0 Å². The number of hydrogen-bond acceptors (Lipinski definition) is 3. The van der Waals surface area contributed by atoms with E-state index in [1.54, 1.807) is 0 Å². The molecule has 1 aliphatic heterocycles. The van der Waals surface area contributed by atoms with Gasteiger partial charge in [-0.05, 0) is 30.7 Å². The SMILES string of the molecule is CCC(Cc1cccs1)NC1=NCCCCC1.Cl. The van der Waals surface area contributed by atoms with Crippen molar-refractivity contribution in [1.82, 2.24) is 5.32 Å². The van der Waals surface area contributed by atoms with Crippen LogP contribution >= 0.6 is 23.7 Å². The second-order valence-corrected chi connectivity index (χ2v) is 5.70. The van der Waals surface area contributed by atoms with Crippen LogP contribution < -0.4 is 5.32 Å². The van der Waals surface area contributed by atoms with Gasteiger partial charge < -0.3 is 5.32 Å². The Hall–Kier alpha value is -0.540. The van der Waals surface area contributed by atoms with Gasteiger partial charge >= 0.3 is 0 Å². The van der Waals surface area contributed by atoms with Gasteiger partial charge in [-0.3, -0.25) is 4.99 Å². The van der Waals surface area contributed by atoms with Crippen molar-refractivity contribution in [2.45, 2.75) is 51.5 Å². The third kappa shape index (κ3) is 4.99. The second-order valence-electron chi connectivity index (χ2n) is 4.67. The standard InChI is InChI=1S/C14H22N2S.ClH/c1-2-12(11-13-7-6-10-17-13)16-14-8-4-3-5-9-15-14;/h6-7,10,12H,2-5,8-9,11H2,1H3,(H,15,16);1H. The number of nitrogens with one attached hydrogen (secondary N) is 1. The topological polar surface area (TPSA) is 24.4 Å². The smallest absolute Gasteiger partial charge is 0.0965 e. The average molecular weight is 287 g/mol. The molecule has 0 amide bonds. The monoisotopic (exact) mass is 286 g/mol. The summed E-state index contributed by atoms with van der Waals surface area (Å²) in [5, 5.41) is 5.80. The molecular formula is C14H23ClN2S. The maximum Gasteiger partial charge on any atom is 0.0965 e. The fraction of sp³-hybridized carbons (Fsp3) is 0.643.